The van der Waals surface area contributed by atoms with E-state index in [2.05, 4.69) is 18.7 Å². The van der Waals surface area contributed by atoms with Crippen LogP contribution in [0, 0.1) is 11.3 Å². The smallest absolute Gasteiger partial charge is 0.244 e. The standard InChI is InChI=1S/C15H21N3O2S/c1-3-17(4-2)14-9-10-18(12-14)21(19,20)15-8-6-5-7-13(15)11-16/h5-8,14H,3-4,9-10,12H2,1-2H3. The summed E-state index contributed by atoms with van der Waals surface area (Å²) in [7, 11) is -3.58. The van der Waals surface area contributed by atoms with Crippen LogP contribution in [-0.2, 0) is 10.0 Å². The molecule has 0 radical (unpaired) electrons. The second kappa shape index (κ2) is 6.56. The van der Waals surface area contributed by atoms with Gasteiger partial charge in [0.1, 0.15) is 6.07 Å². The molecule has 6 heteroatoms. The van der Waals surface area contributed by atoms with Gasteiger partial charge in [-0.25, -0.2) is 8.42 Å². The molecule has 0 aliphatic carbocycles. The molecule has 0 N–H and O–H groups in total. The first-order valence-corrected chi connectivity index (χ1v) is 8.71. The van der Waals surface area contributed by atoms with Gasteiger partial charge in [0.2, 0.25) is 10.0 Å². The largest absolute Gasteiger partial charge is 0.300 e. The fourth-order valence-electron chi connectivity index (χ4n) is 2.89. The Bertz CT molecular complexity index is 633. The fourth-order valence-corrected chi connectivity index (χ4v) is 4.52. The Hall–Kier alpha value is -1.42. The molecule has 1 aromatic rings. The first-order valence-electron chi connectivity index (χ1n) is 7.27. The lowest BCUT2D eigenvalue weighted by Gasteiger charge is -2.26. The third-order valence-electron chi connectivity index (χ3n) is 4.08. The molecule has 21 heavy (non-hydrogen) atoms. The van der Waals surface area contributed by atoms with Crippen LogP contribution in [0.25, 0.3) is 0 Å². The predicted molar refractivity (Wildman–Crippen MR) is 81.2 cm³/mol. The summed E-state index contributed by atoms with van der Waals surface area (Å²) < 4.78 is 26.9. The maximum absolute atomic E-state index is 12.7. The van der Waals surface area contributed by atoms with Gasteiger partial charge < -0.3 is 0 Å². The second-order valence-corrected chi connectivity index (χ2v) is 7.04. The summed E-state index contributed by atoms with van der Waals surface area (Å²) in [4.78, 5) is 2.40. The number of rotatable bonds is 5. The van der Waals surface area contributed by atoms with Crippen LogP contribution in [0.1, 0.15) is 25.8 Å². The highest BCUT2D eigenvalue weighted by Crippen LogP contribution is 2.25. The average molecular weight is 307 g/mol. The molecule has 0 aromatic heterocycles. The minimum Gasteiger partial charge on any atom is -0.300 e. The van der Waals surface area contributed by atoms with Gasteiger partial charge in [-0.15, -0.1) is 0 Å². The molecule has 114 valence electrons. The summed E-state index contributed by atoms with van der Waals surface area (Å²) in [6.45, 7) is 7.04. The molecule has 1 aliphatic rings. The SMILES string of the molecule is CCN(CC)C1CCN(S(=O)(=O)c2ccccc2C#N)C1. The third kappa shape index (κ3) is 3.10. The summed E-state index contributed by atoms with van der Waals surface area (Å²) in [5.41, 5.74) is 0.212. The fraction of sp³-hybridized carbons (Fsp3) is 0.533. The number of nitriles is 1. The van der Waals surface area contributed by atoms with E-state index < -0.39 is 10.0 Å². The number of sulfonamides is 1. The van der Waals surface area contributed by atoms with Gasteiger partial charge in [0.15, 0.2) is 0 Å². The number of hydrogen-bond donors (Lipinski definition) is 0. The van der Waals surface area contributed by atoms with Gasteiger partial charge in [-0.05, 0) is 31.6 Å². The zero-order valence-corrected chi connectivity index (χ0v) is 13.3. The summed E-state index contributed by atoms with van der Waals surface area (Å²) in [5, 5.41) is 9.10. The van der Waals surface area contributed by atoms with Crippen molar-refractivity contribution < 1.29 is 8.42 Å². The number of benzene rings is 1. The van der Waals surface area contributed by atoms with Crippen molar-refractivity contribution in [2.75, 3.05) is 26.2 Å². The summed E-state index contributed by atoms with van der Waals surface area (Å²) in [6, 6.07) is 8.63. The first kappa shape index (κ1) is 16.0. The normalized spacial score (nSPS) is 19.8. The van der Waals surface area contributed by atoms with Gasteiger partial charge in [0, 0.05) is 19.1 Å². The molecule has 0 bridgehead atoms. The highest BCUT2D eigenvalue weighted by molar-refractivity contribution is 7.89. The highest BCUT2D eigenvalue weighted by atomic mass is 32.2. The molecule has 0 saturated carbocycles. The molecule has 0 amide bonds. The van der Waals surface area contributed by atoms with E-state index >= 15 is 0 Å². The number of nitrogens with zero attached hydrogens (tertiary/aromatic N) is 3. The monoisotopic (exact) mass is 307 g/mol. The number of hydrogen-bond acceptors (Lipinski definition) is 4. The van der Waals surface area contributed by atoms with Crippen LogP contribution in [0.3, 0.4) is 0 Å². The zero-order valence-electron chi connectivity index (χ0n) is 12.5. The van der Waals surface area contributed by atoms with Gasteiger partial charge in [0.05, 0.1) is 10.5 Å². The summed E-state index contributed by atoms with van der Waals surface area (Å²) >= 11 is 0. The van der Waals surface area contributed by atoms with E-state index in [1.807, 2.05) is 6.07 Å². The van der Waals surface area contributed by atoms with Gasteiger partial charge in [0.25, 0.3) is 0 Å². The Morgan fingerprint density at radius 2 is 2.00 bits per heavy atom. The molecule has 1 aromatic carbocycles. The highest BCUT2D eigenvalue weighted by Gasteiger charge is 2.35. The molecular formula is C15H21N3O2S. The van der Waals surface area contributed by atoms with Crippen LogP contribution in [0.15, 0.2) is 29.2 Å². The van der Waals surface area contributed by atoms with Crippen molar-refractivity contribution >= 4 is 10.0 Å². The average Bonchev–Trinajstić information content (AvgIpc) is 2.99. The predicted octanol–water partition coefficient (Wildman–Crippen LogP) is 1.66. The van der Waals surface area contributed by atoms with Crippen molar-refractivity contribution in [3.8, 4) is 6.07 Å². The molecule has 1 aliphatic heterocycles. The molecule has 1 saturated heterocycles. The van der Waals surface area contributed by atoms with E-state index in [1.165, 1.54) is 10.4 Å². The first-order chi connectivity index (χ1) is 10.0. The molecule has 2 rings (SSSR count). The van der Waals surface area contributed by atoms with E-state index in [0.29, 0.717) is 13.1 Å². The Morgan fingerprint density at radius 3 is 2.62 bits per heavy atom. The molecule has 1 unspecified atom stereocenters. The van der Waals surface area contributed by atoms with Crippen LogP contribution >= 0.6 is 0 Å². The van der Waals surface area contributed by atoms with Crippen molar-refractivity contribution in [2.45, 2.75) is 31.2 Å². The Labute approximate surface area is 126 Å². The molecule has 1 heterocycles. The van der Waals surface area contributed by atoms with Crippen molar-refractivity contribution in [1.82, 2.24) is 9.21 Å². The minimum absolute atomic E-state index is 0.118. The Kier molecular flexibility index (Phi) is 4.99. The van der Waals surface area contributed by atoms with E-state index in [0.717, 1.165) is 19.5 Å². The van der Waals surface area contributed by atoms with Crippen molar-refractivity contribution in [3.05, 3.63) is 29.8 Å². The van der Waals surface area contributed by atoms with E-state index in [1.54, 1.807) is 18.2 Å². The lowest BCUT2D eigenvalue weighted by Crippen LogP contribution is -2.38. The summed E-state index contributed by atoms with van der Waals surface area (Å²) in [6.07, 6.45) is 0.843. The maximum Gasteiger partial charge on any atom is 0.244 e. The topological polar surface area (TPSA) is 64.4 Å². The van der Waals surface area contributed by atoms with Crippen LogP contribution in [-0.4, -0.2) is 49.8 Å². The van der Waals surface area contributed by atoms with E-state index in [-0.39, 0.29) is 16.5 Å². The summed E-state index contributed by atoms with van der Waals surface area (Å²) in [5.74, 6) is 0. The Balaban J connectivity index is 2.24. The van der Waals surface area contributed by atoms with Crippen LogP contribution in [0.2, 0.25) is 0 Å². The number of likely N-dealkylation sites (N-methyl/N-ethyl adjacent to an activating group) is 1. The van der Waals surface area contributed by atoms with Crippen molar-refractivity contribution in [3.63, 3.8) is 0 Å². The molecule has 1 atom stereocenters. The molecule has 0 spiro atoms. The van der Waals surface area contributed by atoms with Crippen LogP contribution in [0.5, 0.6) is 0 Å². The van der Waals surface area contributed by atoms with Crippen LogP contribution < -0.4 is 0 Å². The minimum atomic E-state index is -3.58. The van der Waals surface area contributed by atoms with Crippen LogP contribution in [0.4, 0.5) is 0 Å². The van der Waals surface area contributed by atoms with Crippen molar-refractivity contribution in [2.24, 2.45) is 0 Å². The third-order valence-corrected chi connectivity index (χ3v) is 6.00. The van der Waals surface area contributed by atoms with Gasteiger partial charge in [-0.3, -0.25) is 4.90 Å². The van der Waals surface area contributed by atoms with Gasteiger partial charge in [-0.1, -0.05) is 26.0 Å². The molecular weight excluding hydrogens is 286 g/mol. The second-order valence-electron chi connectivity index (χ2n) is 5.13. The zero-order chi connectivity index (χ0) is 15.5. The van der Waals surface area contributed by atoms with E-state index in [4.69, 9.17) is 5.26 Å². The molecule has 5 nitrogen and oxygen atoms in total. The quantitative estimate of drug-likeness (QED) is 0.830. The van der Waals surface area contributed by atoms with Gasteiger partial charge >= 0.3 is 0 Å². The van der Waals surface area contributed by atoms with E-state index in [9.17, 15) is 8.42 Å². The maximum atomic E-state index is 12.7. The molecule has 1 fully saturated rings. The lowest BCUT2D eigenvalue weighted by atomic mass is 10.2. The Morgan fingerprint density at radius 1 is 1.33 bits per heavy atom. The van der Waals surface area contributed by atoms with Crippen molar-refractivity contribution in [1.29, 1.82) is 5.26 Å². The van der Waals surface area contributed by atoms with Gasteiger partial charge in [-0.2, -0.15) is 9.57 Å². The lowest BCUT2D eigenvalue weighted by molar-refractivity contribution is 0.224.